The van der Waals surface area contributed by atoms with E-state index in [1.54, 1.807) is 19.2 Å². The van der Waals surface area contributed by atoms with Crippen LogP contribution in [0.4, 0.5) is 0 Å². The van der Waals surface area contributed by atoms with Crippen LogP contribution < -0.4 is 4.74 Å². The van der Waals surface area contributed by atoms with Gasteiger partial charge in [0.25, 0.3) is 0 Å². The standard InChI is InChI=1S/C9H8BrNO/c1-6-3-7(5-11)9(12-2)4-8(6)10/h3-4H,1-2H3. The predicted molar refractivity (Wildman–Crippen MR) is 50.1 cm³/mol. The van der Waals surface area contributed by atoms with Crippen molar-refractivity contribution in [2.24, 2.45) is 0 Å². The van der Waals surface area contributed by atoms with E-state index in [1.165, 1.54) is 0 Å². The fourth-order valence-corrected chi connectivity index (χ4v) is 1.24. The molecule has 0 bridgehead atoms. The number of benzene rings is 1. The van der Waals surface area contributed by atoms with Crippen LogP contribution in [0.5, 0.6) is 5.75 Å². The lowest BCUT2D eigenvalue weighted by Gasteiger charge is -2.04. The summed E-state index contributed by atoms with van der Waals surface area (Å²) in [4.78, 5) is 0. The molecule has 0 unspecified atom stereocenters. The first-order chi connectivity index (χ1) is 5.69. The maximum Gasteiger partial charge on any atom is 0.137 e. The Morgan fingerprint density at radius 2 is 2.17 bits per heavy atom. The summed E-state index contributed by atoms with van der Waals surface area (Å²) in [5, 5.41) is 8.72. The average Bonchev–Trinajstić information content (AvgIpc) is 2.09. The van der Waals surface area contributed by atoms with Crippen LogP contribution in [0.15, 0.2) is 16.6 Å². The van der Waals surface area contributed by atoms with Gasteiger partial charge in [-0.2, -0.15) is 5.26 Å². The summed E-state index contributed by atoms with van der Waals surface area (Å²) in [5.41, 5.74) is 1.60. The summed E-state index contributed by atoms with van der Waals surface area (Å²) in [6.45, 7) is 1.93. The van der Waals surface area contributed by atoms with Crippen molar-refractivity contribution in [3.8, 4) is 11.8 Å². The molecule has 0 aromatic heterocycles. The third-order valence-electron chi connectivity index (χ3n) is 1.60. The van der Waals surface area contributed by atoms with Crippen molar-refractivity contribution in [3.63, 3.8) is 0 Å². The minimum Gasteiger partial charge on any atom is -0.495 e. The topological polar surface area (TPSA) is 33.0 Å². The largest absolute Gasteiger partial charge is 0.495 e. The minimum atomic E-state index is 0.568. The number of nitrogens with zero attached hydrogens (tertiary/aromatic N) is 1. The summed E-state index contributed by atoms with van der Waals surface area (Å²) in [6.07, 6.45) is 0. The minimum absolute atomic E-state index is 0.568. The summed E-state index contributed by atoms with van der Waals surface area (Å²) < 4.78 is 5.98. The van der Waals surface area contributed by atoms with Crippen LogP contribution in [-0.4, -0.2) is 7.11 Å². The Hall–Kier alpha value is -1.01. The number of ether oxygens (including phenoxy) is 1. The summed E-state index contributed by atoms with van der Waals surface area (Å²) in [5.74, 6) is 0.606. The lowest BCUT2D eigenvalue weighted by atomic mass is 10.1. The molecule has 0 atom stereocenters. The van der Waals surface area contributed by atoms with Gasteiger partial charge in [-0.25, -0.2) is 0 Å². The van der Waals surface area contributed by atoms with E-state index in [0.29, 0.717) is 11.3 Å². The van der Waals surface area contributed by atoms with Crippen molar-refractivity contribution in [2.45, 2.75) is 6.92 Å². The predicted octanol–water partition coefficient (Wildman–Crippen LogP) is 2.64. The van der Waals surface area contributed by atoms with Gasteiger partial charge in [0, 0.05) is 4.47 Å². The van der Waals surface area contributed by atoms with Gasteiger partial charge in [0.1, 0.15) is 11.8 Å². The molecule has 0 aliphatic rings. The first kappa shape index (κ1) is 9.08. The lowest BCUT2D eigenvalue weighted by molar-refractivity contribution is 0.413. The van der Waals surface area contributed by atoms with Crippen LogP contribution in [-0.2, 0) is 0 Å². The van der Waals surface area contributed by atoms with Crippen molar-refractivity contribution in [1.82, 2.24) is 0 Å². The van der Waals surface area contributed by atoms with Crippen molar-refractivity contribution in [3.05, 3.63) is 27.7 Å². The van der Waals surface area contributed by atoms with Gasteiger partial charge in [-0.3, -0.25) is 0 Å². The Balaban J connectivity index is 3.31. The molecule has 2 nitrogen and oxygen atoms in total. The molecule has 0 aliphatic heterocycles. The van der Waals surface area contributed by atoms with E-state index in [-0.39, 0.29) is 0 Å². The molecule has 0 radical (unpaired) electrons. The first-order valence-electron chi connectivity index (χ1n) is 3.43. The zero-order valence-electron chi connectivity index (χ0n) is 6.89. The first-order valence-corrected chi connectivity index (χ1v) is 4.22. The van der Waals surface area contributed by atoms with Crippen LogP contribution in [0, 0.1) is 18.3 Å². The normalized spacial score (nSPS) is 9.17. The number of rotatable bonds is 1. The van der Waals surface area contributed by atoms with Crippen molar-refractivity contribution in [2.75, 3.05) is 7.11 Å². The smallest absolute Gasteiger partial charge is 0.137 e. The number of aryl methyl sites for hydroxylation is 1. The number of nitriles is 1. The van der Waals surface area contributed by atoms with Crippen molar-refractivity contribution >= 4 is 15.9 Å². The van der Waals surface area contributed by atoms with Crippen LogP contribution in [0.25, 0.3) is 0 Å². The maximum absolute atomic E-state index is 8.72. The molecular weight excluding hydrogens is 218 g/mol. The highest BCUT2D eigenvalue weighted by Crippen LogP contribution is 2.26. The van der Waals surface area contributed by atoms with Gasteiger partial charge in [-0.05, 0) is 24.6 Å². The van der Waals surface area contributed by atoms with Crippen LogP contribution in [0.2, 0.25) is 0 Å². The van der Waals surface area contributed by atoms with Gasteiger partial charge < -0.3 is 4.74 Å². The fraction of sp³-hybridized carbons (Fsp3) is 0.222. The molecule has 0 N–H and O–H groups in total. The van der Waals surface area contributed by atoms with Crippen molar-refractivity contribution < 1.29 is 4.74 Å². The van der Waals surface area contributed by atoms with Crippen LogP contribution >= 0.6 is 15.9 Å². The van der Waals surface area contributed by atoms with E-state index in [9.17, 15) is 0 Å². The van der Waals surface area contributed by atoms with E-state index in [0.717, 1.165) is 10.0 Å². The SMILES string of the molecule is COc1cc(Br)c(C)cc1C#N. The third-order valence-corrected chi connectivity index (χ3v) is 2.46. The van der Waals surface area contributed by atoms with E-state index in [4.69, 9.17) is 10.00 Å². The van der Waals surface area contributed by atoms with E-state index >= 15 is 0 Å². The van der Waals surface area contributed by atoms with Crippen LogP contribution in [0.3, 0.4) is 0 Å². The van der Waals surface area contributed by atoms with Crippen molar-refractivity contribution in [1.29, 1.82) is 5.26 Å². The molecule has 1 aromatic carbocycles. The molecule has 1 aromatic rings. The van der Waals surface area contributed by atoms with E-state index in [2.05, 4.69) is 22.0 Å². The number of hydrogen-bond donors (Lipinski definition) is 0. The molecule has 12 heavy (non-hydrogen) atoms. The zero-order chi connectivity index (χ0) is 9.14. The Kier molecular flexibility index (Phi) is 2.72. The molecule has 0 amide bonds. The number of halogens is 1. The van der Waals surface area contributed by atoms with Gasteiger partial charge in [-0.15, -0.1) is 0 Å². The Labute approximate surface area is 79.9 Å². The zero-order valence-corrected chi connectivity index (χ0v) is 8.47. The molecule has 0 heterocycles. The fourth-order valence-electron chi connectivity index (χ4n) is 0.920. The summed E-state index contributed by atoms with van der Waals surface area (Å²) >= 11 is 3.36. The van der Waals surface area contributed by atoms with Gasteiger partial charge in [0.2, 0.25) is 0 Å². The lowest BCUT2D eigenvalue weighted by Crippen LogP contribution is -1.89. The molecular formula is C9H8BrNO. The molecule has 62 valence electrons. The molecule has 0 spiro atoms. The quantitative estimate of drug-likeness (QED) is 0.737. The molecule has 0 aliphatic carbocycles. The van der Waals surface area contributed by atoms with E-state index in [1.807, 2.05) is 6.92 Å². The maximum atomic E-state index is 8.72. The van der Waals surface area contributed by atoms with Crippen LogP contribution in [0.1, 0.15) is 11.1 Å². The Bertz CT molecular complexity index is 341. The Morgan fingerprint density at radius 3 is 2.67 bits per heavy atom. The summed E-state index contributed by atoms with van der Waals surface area (Å²) in [7, 11) is 1.55. The molecule has 3 heteroatoms. The molecule has 0 saturated carbocycles. The second kappa shape index (κ2) is 3.59. The number of hydrogen-bond acceptors (Lipinski definition) is 2. The van der Waals surface area contributed by atoms with Gasteiger partial charge in [0.15, 0.2) is 0 Å². The highest BCUT2D eigenvalue weighted by Gasteiger charge is 2.04. The monoisotopic (exact) mass is 225 g/mol. The second-order valence-corrected chi connectivity index (χ2v) is 3.27. The van der Waals surface area contributed by atoms with Gasteiger partial charge in [0.05, 0.1) is 12.7 Å². The number of methoxy groups -OCH3 is 1. The third kappa shape index (κ3) is 1.59. The molecule has 0 saturated heterocycles. The average molecular weight is 226 g/mol. The van der Waals surface area contributed by atoms with Gasteiger partial charge >= 0.3 is 0 Å². The molecule has 1 rings (SSSR count). The highest BCUT2D eigenvalue weighted by atomic mass is 79.9. The molecule has 0 fully saturated rings. The summed E-state index contributed by atoms with van der Waals surface area (Å²) in [6, 6.07) is 5.66. The van der Waals surface area contributed by atoms with Gasteiger partial charge in [-0.1, -0.05) is 15.9 Å². The van der Waals surface area contributed by atoms with E-state index < -0.39 is 0 Å². The second-order valence-electron chi connectivity index (χ2n) is 2.41. The highest BCUT2D eigenvalue weighted by molar-refractivity contribution is 9.10. The Morgan fingerprint density at radius 1 is 1.50 bits per heavy atom.